The van der Waals surface area contributed by atoms with Gasteiger partial charge in [0.1, 0.15) is 5.75 Å². The Labute approximate surface area is 107 Å². The van der Waals surface area contributed by atoms with Crippen LogP contribution >= 0.6 is 0 Å². The van der Waals surface area contributed by atoms with Crippen LogP contribution in [0.4, 0.5) is 0 Å². The van der Waals surface area contributed by atoms with Gasteiger partial charge in [-0.05, 0) is 37.6 Å². The number of aromatic amines is 1. The quantitative estimate of drug-likeness (QED) is 0.606. The number of aryl methyl sites for hydroxylation is 2. The molecule has 0 amide bonds. The number of aromatic hydroxyl groups is 1. The lowest BCUT2D eigenvalue weighted by molar-refractivity contribution is 0.475. The molecule has 2 heteroatoms. The summed E-state index contributed by atoms with van der Waals surface area (Å²) in [4.78, 5) is 3.19. The molecule has 0 unspecified atom stereocenters. The number of hydrogen-bond acceptors (Lipinski definition) is 1. The third-order valence-electron chi connectivity index (χ3n) is 2.83. The van der Waals surface area contributed by atoms with Crippen molar-refractivity contribution in [2.24, 2.45) is 0 Å². The molecule has 92 valence electrons. The second kappa shape index (κ2) is 5.41. The highest BCUT2D eigenvalue weighted by molar-refractivity contribution is 5.82. The Morgan fingerprint density at radius 2 is 1.56 bits per heavy atom. The van der Waals surface area contributed by atoms with E-state index in [9.17, 15) is 0 Å². The highest BCUT2D eigenvalue weighted by atomic mass is 16.3. The van der Waals surface area contributed by atoms with Crippen LogP contribution in [0.2, 0.25) is 0 Å². The molecule has 1 aromatic heterocycles. The summed E-state index contributed by atoms with van der Waals surface area (Å²) in [7, 11) is 0. The maximum atomic E-state index is 8.76. The first-order valence-corrected chi connectivity index (χ1v) is 5.95. The van der Waals surface area contributed by atoms with E-state index in [0.29, 0.717) is 5.75 Å². The Bertz CT molecular complexity index is 602. The van der Waals surface area contributed by atoms with Crippen LogP contribution in [-0.4, -0.2) is 10.1 Å². The van der Waals surface area contributed by atoms with Gasteiger partial charge in [0.25, 0.3) is 0 Å². The van der Waals surface area contributed by atoms with Gasteiger partial charge in [-0.25, -0.2) is 0 Å². The summed E-state index contributed by atoms with van der Waals surface area (Å²) in [5, 5.41) is 10.1. The van der Waals surface area contributed by atoms with E-state index in [1.165, 1.54) is 22.0 Å². The van der Waals surface area contributed by atoms with Gasteiger partial charge in [0.05, 0.1) is 0 Å². The monoisotopic (exact) mass is 239 g/mol. The molecular formula is C16H17NO. The first-order chi connectivity index (χ1) is 8.66. The van der Waals surface area contributed by atoms with Gasteiger partial charge in [0.2, 0.25) is 0 Å². The normalized spacial score (nSPS) is 9.89. The summed E-state index contributed by atoms with van der Waals surface area (Å²) < 4.78 is 0. The van der Waals surface area contributed by atoms with Crippen LogP contribution in [0.15, 0.2) is 54.7 Å². The minimum atomic E-state index is 0.329. The fourth-order valence-corrected chi connectivity index (χ4v) is 1.76. The average Bonchev–Trinajstić information content (AvgIpc) is 2.76. The molecule has 0 radical (unpaired) electrons. The molecule has 2 aromatic carbocycles. The molecule has 0 saturated carbocycles. The fourth-order valence-electron chi connectivity index (χ4n) is 1.76. The van der Waals surface area contributed by atoms with Gasteiger partial charge in [-0.1, -0.05) is 35.9 Å². The van der Waals surface area contributed by atoms with Crippen molar-refractivity contribution in [1.82, 2.24) is 4.98 Å². The Kier molecular flexibility index (Phi) is 3.68. The standard InChI is InChI=1S/C9H9N.C7H8O/c1-7-6-10-9-5-3-2-4-8(7)9;1-6-2-4-7(8)5-3-6/h2-6,10H,1H3;2-5,8H,1H3. The van der Waals surface area contributed by atoms with Crippen molar-refractivity contribution in [2.75, 3.05) is 0 Å². The summed E-state index contributed by atoms with van der Waals surface area (Å²) in [6.45, 7) is 4.10. The number of phenols is 1. The first kappa shape index (κ1) is 12.2. The Hall–Kier alpha value is -2.22. The maximum Gasteiger partial charge on any atom is 0.115 e. The van der Waals surface area contributed by atoms with E-state index in [4.69, 9.17) is 5.11 Å². The molecule has 3 aromatic rings. The van der Waals surface area contributed by atoms with Crippen molar-refractivity contribution in [3.63, 3.8) is 0 Å². The molecule has 2 N–H and O–H groups in total. The van der Waals surface area contributed by atoms with Crippen LogP contribution < -0.4 is 0 Å². The third kappa shape index (κ3) is 2.92. The molecule has 0 fully saturated rings. The number of hydrogen-bond donors (Lipinski definition) is 2. The smallest absolute Gasteiger partial charge is 0.115 e. The van der Waals surface area contributed by atoms with Crippen LogP contribution in [0.25, 0.3) is 10.9 Å². The largest absolute Gasteiger partial charge is 0.508 e. The van der Waals surface area contributed by atoms with Crippen molar-refractivity contribution in [2.45, 2.75) is 13.8 Å². The Morgan fingerprint density at radius 3 is 2.17 bits per heavy atom. The molecule has 3 rings (SSSR count). The first-order valence-electron chi connectivity index (χ1n) is 5.95. The van der Waals surface area contributed by atoms with E-state index in [-0.39, 0.29) is 0 Å². The number of H-pyrrole nitrogens is 1. The highest BCUT2D eigenvalue weighted by Crippen LogP contribution is 2.15. The van der Waals surface area contributed by atoms with E-state index < -0.39 is 0 Å². The van der Waals surface area contributed by atoms with E-state index >= 15 is 0 Å². The number of benzene rings is 2. The summed E-state index contributed by atoms with van der Waals surface area (Å²) >= 11 is 0. The highest BCUT2D eigenvalue weighted by Gasteiger charge is 1.94. The van der Waals surface area contributed by atoms with E-state index in [0.717, 1.165) is 0 Å². The van der Waals surface area contributed by atoms with Crippen molar-refractivity contribution < 1.29 is 5.11 Å². The van der Waals surface area contributed by atoms with Crippen LogP contribution in [0.3, 0.4) is 0 Å². The van der Waals surface area contributed by atoms with Gasteiger partial charge in [-0.3, -0.25) is 0 Å². The number of aromatic nitrogens is 1. The number of fused-ring (bicyclic) bond motifs is 1. The summed E-state index contributed by atoms with van der Waals surface area (Å²) in [6, 6.07) is 15.4. The lowest BCUT2D eigenvalue weighted by atomic mass is 10.2. The molecule has 0 atom stereocenters. The molecule has 0 aliphatic rings. The third-order valence-corrected chi connectivity index (χ3v) is 2.83. The zero-order chi connectivity index (χ0) is 13.0. The van der Waals surface area contributed by atoms with Crippen molar-refractivity contribution in [3.05, 3.63) is 65.9 Å². The van der Waals surface area contributed by atoms with E-state index in [1.807, 2.05) is 31.3 Å². The molecule has 1 heterocycles. The fraction of sp³-hybridized carbons (Fsp3) is 0.125. The Balaban J connectivity index is 0.000000138. The number of rotatable bonds is 0. The topological polar surface area (TPSA) is 36.0 Å². The maximum absolute atomic E-state index is 8.76. The minimum absolute atomic E-state index is 0.329. The average molecular weight is 239 g/mol. The molecule has 0 aliphatic carbocycles. The van der Waals surface area contributed by atoms with Gasteiger partial charge in [0.15, 0.2) is 0 Å². The molecule has 0 saturated heterocycles. The van der Waals surface area contributed by atoms with Gasteiger partial charge < -0.3 is 10.1 Å². The lowest BCUT2D eigenvalue weighted by Crippen LogP contribution is -1.66. The van der Waals surface area contributed by atoms with E-state index in [2.05, 4.69) is 30.1 Å². The molecule has 18 heavy (non-hydrogen) atoms. The van der Waals surface area contributed by atoms with Crippen LogP contribution in [0.5, 0.6) is 5.75 Å². The van der Waals surface area contributed by atoms with E-state index in [1.54, 1.807) is 12.1 Å². The molecule has 2 nitrogen and oxygen atoms in total. The van der Waals surface area contributed by atoms with Gasteiger partial charge in [0, 0.05) is 17.1 Å². The number of phenolic OH excluding ortho intramolecular Hbond substituents is 1. The molecular weight excluding hydrogens is 222 g/mol. The second-order valence-electron chi connectivity index (χ2n) is 4.35. The van der Waals surface area contributed by atoms with Gasteiger partial charge >= 0.3 is 0 Å². The van der Waals surface area contributed by atoms with Gasteiger partial charge in [-0.15, -0.1) is 0 Å². The Morgan fingerprint density at radius 1 is 0.889 bits per heavy atom. The summed E-state index contributed by atoms with van der Waals surface area (Å²) in [6.07, 6.45) is 2.03. The predicted molar refractivity (Wildman–Crippen MR) is 75.9 cm³/mol. The van der Waals surface area contributed by atoms with Crippen LogP contribution in [0, 0.1) is 13.8 Å². The predicted octanol–water partition coefficient (Wildman–Crippen LogP) is 4.18. The molecule has 0 aliphatic heterocycles. The number of nitrogens with one attached hydrogen (secondary N) is 1. The molecule has 0 spiro atoms. The van der Waals surface area contributed by atoms with Gasteiger partial charge in [-0.2, -0.15) is 0 Å². The second-order valence-corrected chi connectivity index (χ2v) is 4.35. The zero-order valence-corrected chi connectivity index (χ0v) is 10.6. The zero-order valence-electron chi connectivity index (χ0n) is 10.6. The van der Waals surface area contributed by atoms with Crippen LogP contribution in [-0.2, 0) is 0 Å². The van der Waals surface area contributed by atoms with Crippen molar-refractivity contribution in [1.29, 1.82) is 0 Å². The summed E-state index contributed by atoms with van der Waals surface area (Å²) in [5.74, 6) is 0.329. The van der Waals surface area contributed by atoms with Crippen LogP contribution in [0.1, 0.15) is 11.1 Å². The molecule has 0 bridgehead atoms. The van der Waals surface area contributed by atoms with Crippen molar-refractivity contribution >= 4 is 10.9 Å². The summed E-state index contributed by atoms with van der Waals surface area (Å²) in [5.41, 5.74) is 3.71. The minimum Gasteiger partial charge on any atom is -0.508 e. The lowest BCUT2D eigenvalue weighted by Gasteiger charge is -1.89. The van der Waals surface area contributed by atoms with Crippen molar-refractivity contribution in [3.8, 4) is 5.75 Å². The number of para-hydroxylation sites is 1. The SMILES string of the molecule is Cc1c[nH]c2ccccc12.Cc1ccc(O)cc1.